The number of fused-ring (bicyclic) bond motifs is 2. The first kappa shape index (κ1) is 28.1. The summed E-state index contributed by atoms with van der Waals surface area (Å²) in [6.45, 7) is 6.36. The third-order valence-electron chi connectivity index (χ3n) is 7.71. The van der Waals surface area contributed by atoms with Gasteiger partial charge >= 0.3 is 0 Å². The van der Waals surface area contributed by atoms with E-state index < -0.39 is 15.4 Å². The predicted molar refractivity (Wildman–Crippen MR) is 158 cm³/mol. The number of sulfonamides is 1. The van der Waals surface area contributed by atoms with Crippen LogP contribution in [0.2, 0.25) is 0 Å². The second kappa shape index (κ2) is 10.9. The number of unbranched alkanes of at least 4 members (excludes halogenated alkanes) is 1. The summed E-state index contributed by atoms with van der Waals surface area (Å²) >= 11 is 0. The number of rotatable bonds is 7. The van der Waals surface area contributed by atoms with Gasteiger partial charge in [0.15, 0.2) is 0 Å². The van der Waals surface area contributed by atoms with E-state index in [1.165, 1.54) is 18.3 Å². The van der Waals surface area contributed by atoms with Crippen molar-refractivity contribution in [3.05, 3.63) is 101 Å². The van der Waals surface area contributed by atoms with Gasteiger partial charge in [-0.3, -0.25) is 4.79 Å². The summed E-state index contributed by atoms with van der Waals surface area (Å²) in [5.41, 5.74) is 2.82. The highest BCUT2D eigenvalue weighted by molar-refractivity contribution is 7.89. The van der Waals surface area contributed by atoms with Crippen LogP contribution in [0.5, 0.6) is 5.75 Å². The summed E-state index contributed by atoms with van der Waals surface area (Å²) in [6.07, 6.45) is 2.91. The molecule has 0 aromatic heterocycles. The summed E-state index contributed by atoms with van der Waals surface area (Å²) in [4.78, 5) is 16.3. The molecule has 5 rings (SSSR count). The molecule has 2 aliphatic rings. The minimum atomic E-state index is -4.21. The molecule has 2 aliphatic heterocycles. The smallest absolute Gasteiger partial charge is 0.282 e. The first-order valence-corrected chi connectivity index (χ1v) is 15.0. The molecule has 0 aliphatic carbocycles. The van der Waals surface area contributed by atoms with Gasteiger partial charge in [-0.2, -0.15) is 23.2 Å². The molecule has 1 atom stereocenters. The van der Waals surface area contributed by atoms with E-state index in [0.717, 1.165) is 34.1 Å². The highest BCUT2D eigenvalue weighted by Gasteiger charge is 2.55. The molecular formula is C32H32N4O4S. The summed E-state index contributed by atoms with van der Waals surface area (Å²) in [7, 11) is -2.64. The fourth-order valence-corrected chi connectivity index (χ4v) is 6.56. The van der Waals surface area contributed by atoms with Gasteiger partial charge < -0.3 is 9.64 Å². The van der Waals surface area contributed by atoms with Crippen LogP contribution < -0.4 is 9.64 Å². The van der Waals surface area contributed by atoms with Crippen LogP contribution in [0.1, 0.15) is 48.4 Å². The molecule has 8 nitrogen and oxygen atoms in total. The fourth-order valence-electron chi connectivity index (χ4n) is 5.41. The number of hydrazone groups is 1. The molecule has 0 saturated heterocycles. The van der Waals surface area contributed by atoms with E-state index in [4.69, 9.17) is 4.74 Å². The standard InChI is InChI=1S/C32H32N4O4S/c1-5-6-17-35-30-16-9-23(3)18-28(30)32(31(35)37)19-29(24-10-12-26(40-4)13-11-24)34-36(21-25(32)20-33)41(38,39)27-14-7-22(2)8-15-27/h7-16,18,21H,5-6,17,19H2,1-4H3. The van der Waals surface area contributed by atoms with Crippen molar-refractivity contribution in [1.29, 1.82) is 5.26 Å². The van der Waals surface area contributed by atoms with Crippen molar-refractivity contribution in [2.45, 2.75) is 50.3 Å². The maximum absolute atomic E-state index is 14.5. The number of amides is 1. The SMILES string of the molecule is CCCCN1C(=O)C2(CC(c3ccc(OC)cc3)=NN(S(=O)(=O)c3ccc(C)cc3)C=C2C#N)c2cc(C)ccc21. The number of ether oxygens (including phenoxy) is 1. The van der Waals surface area contributed by atoms with Crippen molar-refractivity contribution in [1.82, 2.24) is 4.41 Å². The summed E-state index contributed by atoms with van der Waals surface area (Å²) in [6, 6.07) is 21.5. The molecule has 0 fully saturated rings. The Balaban J connectivity index is 1.77. The lowest BCUT2D eigenvalue weighted by Crippen LogP contribution is -2.43. The van der Waals surface area contributed by atoms with Gasteiger partial charge in [0.25, 0.3) is 10.0 Å². The molecule has 1 spiro atoms. The maximum atomic E-state index is 14.5. The van der Waals surface area contributed by atoms with Crippen molar-refractivity contribution in [2.75, 3.05) is 18.6 Å². The van der Waals surface area contributed by atoms with E-state index >= 15 is 0 Å². The lowest BCUT2D eigenvalue weighted by Gasteiger charge is -2.28. The first-order valence-electron chi connectivity index (χ1n) is 13.5. The predicted octanol–water partition coefficient (Wildman–Crippen LogP) is 5.60. The van der Waals surface area contributed by atoms with E-state index in [1.807, 2.05) is 32.0 Å². The third kappa shape index (κ3) is 4.78. The minimum absolute atomic E-state index is 0.0105. The number of nitriles is 1. The van der Waals surface area contributed by atoms with Crippen molar-refractivity contribution in [2.24, 2.45) is 5.10 Å². The quantitative estimate of drug-likeness (QED) is 0.369. The van der Waals surface area contributed by atoms with Crippen molar-refractivity contribution in [3.63, 3.8) is 0 Å². The number of hydrogen-bond donors (Lipinski definition) is 0. The van der Waals surface area contributed by atoms with Gasteiger partial charge in [-0.05, 0) is 73.9 Å². The van der Waals surface area contributed by atoms with Crippen molar-refractivity contribution in [3.8, 4) is 11.8 Å². The molecule has 0 saturated carbocycles. The number of methoxy groups -OCH3 is 1. The van der Waals surface area contributed by atoms with E-state index in [9.17, 15) is 18.5 Å². The molecule has 1 unspecified atom stereocenters. The molecule has 3 aromatic carbocycles. The number of carbonyl (C=O) groups is 1. The molecule has 210 valence electrons. The summed E-state index contributed by atoms with van der Waals surface area (Å²) in [5, 5.41) is 15.2. The number of benzene rings is 3. The molecule has 1 amide bonds. The lowest BCUT2D eigenvalue weighted by atomic mass is 9.71. The van der Waals surface area contributed by atoms with E-state index in [2.05, 4.69) is 18.1 Å². The van der Waals surface area contributed by atoms with Gasteiger partial charge in [-0.15, -0.1) is 0 Å². The number of anilines is 1. The van der Waals surface area contributed by atoms with Crippen LogP contribution in [0.3, 0.4) is 0 Å². The largest absolute Gasteiger partial charge is 0.497 e. The van der Waals surface area contributed by atoms with Gasteiger partial charge in [0.1, 0.15) is 11.2 Å². The normalized spacial score (nSPS) is 18.5. The zero-order chi connectivity index (χ0) is 29.4. The van der Waals surface area contributed by atoms with Gasteiger partial charge in [-0.1, -0.05) is 48.7 Å². The molecule has 9 heteroatoms. The lowest BCUT2D eigenvalue weighted by molar-refractivity contribution is -0.121. The van der Waals surface area contributed by atoms with E-state index in [-0.39, 0.29) is 22.8 Å². The molecule has 0 N–H and O–H groups in total. The number of nitrogens with zero attached hydrogens (tertiary/aromatic N) is 4. The second-order valence-corrected chi connectivity index (χ2v) is 12.2. The monoisotopic (exact) mass is 568 g/mol. The van der Waals surface area contributed by atoms with Crippen LogP contribution in [0.15, 0.2) is 88.5 Å². The van der Waals surface area contributed by atoms with Crippen LogP contribution in [0, 0.1) is 25.2 Å². The van der Waals surface area contributed by atoms with Crippen LogP contribution in [0.4, 0.5) is 5.69 Å². The van der Waals surface area contributed by atoms with Gasteiger partial charge in [0.2, 0.25) is 5.91 Å². The van der Waals surface area contributed by atoms with Crippen molar-refractivity contribution < 1.29 is 17.9 Å². The molecule has 0 radical (unpaired) electrons. The zero-order valence-electron chi connectivity index (χ0n) is 23.6. The second-order valence-electron chi connectivity index (χ2n) is 10.4. The Kier molecular flexibility index (Phi) is 7.45. The highest BCUT2D eigenvalue weighted by Crippen LogP contribution is 2.50. The number of aryl methyl sites for hydroxylation is 2. The zero-order valence-corrected chi connectivity index (χ0v) is 24.4. The van der Waals surface area contributed by atoms with Crippen LogP contribution in [-0.4, -0.2) is 38.1 Å². The van der Waals surface area contributed by atoms with E-state index in [1.54, 1.807) is 48.4 Å². The molecular weight excluding hydrogens is 536 g/mol. The first-order chi connectivity index (χ1) is 19.6. The summed E-state index contributed by atoms with van der Waals surface area (Å²) < 4.78 is 34.0. The Morgan fingerprint density at radius 2 is 1.71 bits per heavy atom. The Morgan fingerprint density at radius 1 is 1.02 bits per heavy atom. The Hall–Kier alpha value is -4.42. The number of hydrogen-bond acceptors (Lipinski definition) is 6. The minimum Gasteiger partial charge on any atom is -0.497 e. The van der Waals surface area contributed by atoms with E-state index in [0.29, 0.717) is 29.1 Å². The van der Waals surface area contributed by atoms with Gasteiger partial charge in [0, 0.05) is 18.7 Å². The van der Waals surface area contributed by atoms with Crippen LogP contribution in [-0.2, 0) is 20.2 Å². The highest BCUT2D eigenvalue weighted by atomic mass is 32.2. The average Bonchev–Trinajstić information content (AvgIpc) is 3.09. The molecule has 0 bridgehead atoms. The van der Waals surface area contributed by atoms with Crippen LogP contribution >= 0.6 is 0 Å². The van der Waals surface area contributed by atoms with Gasteiger partial charge in [0.05, 0.1) is 35.6 Å². The fraction of sp³-hybridized carbons (Fsp3) is 0.281. The van der Waals surface area contributed by atoms with Crippen molar-refractivity contribution >= 4 is 27.3 Å². The topological polar surface area (TPSA) is 103 Å². The number of carbonyl (C=O) groups excluding carboxylic acids is 1. The molecule has 41 heavy (non-hydrogen) atoms. The average molecular weight is 569 g/mol. The maximum Gasteiger partial charge on any atom is 0.282 e. The summed E-state index contributed by atoms with van der Waals surface area (Å²) in [5.74, 6) is 0.372. The molecule has 2 heterocycles. The Labute approximate surface area is 241 Å². The van der Waals surface area contributed by atoms with Crippen LogP contribution in [0.25, 0.3) is 0 Å². The van der Waals surface area contributed by atoms with Gasteiger partial charge in [-0.25, -0.2) is 0 Å². The molecule has 3 aromatic rings. The third-order valence-corrected chi connectivity index (χ3v) is 9.26. The Morgan fingerprint density at radius 3 is 2.34 bits per heavy atom. The Bertz CT molecular complexity index is 1700.